The van der Waals surface area contributed by atoms with Crippen molar-refractivity contribution in [1.29, 1.82) is 0 Å². The molecule has 2 heterocycles. The van der Waals surface area contributed by atoms with Crippen molar-refractivity contribution in [3.63, 3.8) is 0 Å². The van der Waals surface area contributed by atoms with Crippen molar-refractivity contribution in [3.8, 4) is 11.1 Å². The van der Waals surface area contributed by atoms with Crippen LogP contribution in [0.4, 0.5) is 10.5 Å². The predicted molar refractivity (Wildman–Crippen MR) is 109 cm³/mol. The molecule has 2 aliphatic heterocycles. The fraction of sp³-hybridized carbons (Fsp3) is 0.409. The number of quaternary nitrogens is 1. The number of halogens is 2. The summed E-state index contributed by atoms with van der Waals surface area (Å²) in [5.74, 6) is 0. The van der Waals surface area contributed by atoms with Crippen LogP contribution in [0.1, 0.15) is 25.7 Å². The Hall–Kier alpha value is -1.56. The smallest absolute Gasteiger partial charge is 0.411 e. The molecule has 0 aliphatic carbocycles. The van der Waals surface area contributed by atoms with E-state index in [9.17, 15) is 4.79 Å². The molecule has 0 unspecified atom stereocenters. The number of nitrogens with one attached hydrogen (secondary N) is 1. The molecule has 4 rings (SSSR count). The second kappa shape index (κ2) is 8.44. The summed E-state index contributed by atoms with van der Waals surface area (Å²) < 4.78 is 6.87. The van der Waals surface area contributed by atoms with Gasteiger partial charge in [0.25, 0.3) is 0 Å². The molecule has 0 aromatic heterocycles. The number of amides is 1. The number of hydrogen-bond acceptors (Lipinski definition) is 2. The Morgan fingerprint density at radius 2 is 1.75 bits per heavy atom. The van der Waals surface area contributed by atoms with E-state index in [2.05, 4.69) is 19.4 Å². The van der Waals surface area contributed by atoms with Crippen LogP contribution in [0.3, 0.4) is 0 Å². The number of rotatable bonds is 3. The number of anilines is 1. The van der Waals surface area contributed by atoms with Crippen molar-refractivity contribution in [2.75, 3.05) is 19.4 Å². The number of carbonyl (C=O) groups is 1. The van der Waals surface area contributed by atoms with Gasteiger partial charge in [-0.25, -0.2) is 4.79 Å². The number of hydrogen-bond donors (Lipinski definition) is 1. The average Bonchev–Trinajstić information content (AvgIpc) is 2.80. The number of para-hydroxylation sites is 1. The van der Waals surface area contributed by atoms with E-state index < -0.39 is 0 Å². The molecule has 2 saturated heterocycles. The maximum atomic E-state index is 12.6. The first-order valence-electron chi connectivity index (χ1n) is 9.59. The molecule has 2 aromatic rings. The molecule has 4 nitrogen and oxygen atoms in total. The monoisotopic (exact) mass is 464 g/mol. The lowest BCUT2D eigenvalue weighted by molar-refractivity contribution is -0.931. The van der Waals surface area contributed by atoms with Crippen LogP contribution in [0.25, 0.3) is 11.1 Å². The summed E-state index contributed by atoms with van der Waals surface area (Å²) in [4.78, 5) is 12.6. The summed E-state index contributed by atoms with van der Waals surface area (Å²) in [6.45, 7) is 0. The van der Waals surface area contributed by atoms with Crippen LogP contribution in [0.2, 0.25) is 5.02 Å². The van der Waals surface area contributed by atoms with Crippen molar-refractivity contribution in [2.24, 2.45) is 0 Å². The first-order valence-corrected chi connectivity index (χ1v) is 9.97. The van der Waals surface area contributed by atoms with Crippen molar-refractivity contribution >= 4 is 23.4 Å². The van der Waals surface area contributed by atoms with Crippen LogP contribution in [0, 0.1) is 0 Å². The fourth-order valence-corrected chi connectivity index (χ4v) is 4.91. The highest BCUT2D eigenvalue weighted by Crippen LogP contribution is 2.40. The number of nitrogens with zero attached hydrogens (tertiary/aromatic N) is 1. The molecule has 1 amide bonds. The number of ether oxygens (including phenoxy) is 1. The molecule has 2 fully saturated rings. The van der Waals surface area contributed by atoms with Gasteiger partial charge in [-0.05, 0) is 23.8 Å². The Bertz CT molecular complexity index is 842. The van der Waals surface area contributed by atoms with E-state index in [1.54, 1.807) is 0 Å². The molecule has 28 heavy (non-hydrogen) atoms. The van der Waals surface area contributed by atoms with Crippen LogP contribution in [-0.2, 0) is 4.74 Å². The lowest BCUT2D eigenvalue weighted by Gasteiger charge is -2.43. The summed E-state index contributed by atoms with van der Waals surface area (Å²) in [6, 6.07) is 16.5. The zero-order valence-electron chi connectivity index (χ0n) is 16.2. The first kappa shape index (κ1) is 21.2. The van der Waals surface area contributed by atoms with Gasteiger partial charge in [0, 0.05) is 36.3 Å². The van der Waals surface area contributed by atoms with Crippen molar-refractivity contribution in [3.05, 3.63) is 53.6 Å². The Labute approximate surface area is 182 Å². The Balaban J connectivity index is 0.00000225. The molecule has 0 spiro atoms. The number of fused-ring (bicyclic) bond motifs is 2. The molecule has 0 radical (unpaired) electrons. The Morgan fingerprint density at radius 3 is 2.43 bits per heavy atom. The van der Waals surface area contributed by atoms with Gasteiger partial charge in [0.05, 0.1) is 31.9 Å². The lowest BCUT2D eigenvalue weighted by atomic mass is 9.98. The number of benzene rings is 2. The predicted octanol–water partition coefficient (Wildman–Crippen LogP) is 2.33. The van der Waals surface area contributed by atoms with Crippen LogP contribution in [-0.4, -0.2) is 42.9 Å². The topological polar surface area (TPSA) is 38.3 Å². The highest BCUT2D eigenvalue weighted by Gasteiger charge is 2.49. The second-order valence-corrected chi connectivity index (χ2v) is 8.63. The molecule has 1 N–H and O–H groups in total. The average molecular weight is 466 g/mol. The molecular formula is C22H26BrClN2O2. The number of carbonyl (C=O) groups excluding carboxylic acids is 1. The first-order chi connectivity index (χ1) is 12.9. The largest absolute Gasteiger partial charge is 1.00 e. The molecule has 150 valence electrons. The summed E-state index contributed by atoms with van der Waals surface area (Å²) >= 11 is 6.12. The summed E-state index contributed by atoms with van der Waals surface area (Å²) in [7, 11) is 4.61. The van der Waals surface area contributed by atoms with Gasteiger partial charge in [-0.15, -0.1) is 0 Å². The van der Waals surface area contributed by atoms with Gasteiger partial charge in [-0.2, -0.15) is 0 Å². The third kappa shape index (κ3) is 4.22. The zero-order valence-corrected chi connectivity index (χ0v) is 18.5. The van der Waals surface area contributed by atoms with Crippen molar-refractivity contribution in [2.45, 2.75) is 43.9 Å². The zero-order chi connectivity index (χ0) is 19.0. The SMILES string of the molecule is C[N+]1(C)[C@@H]2CC[C@H]1C[C@@H](OC(=O)Nc1ccccc1-c1cccc(Cl)c1)C2.[Br-]. The van der Waals surface area contributed by atoms with Gasteiger partial charge in [0.1, 0.15) is 6.10 Å². The maximum absolute atomic E-state index is 12.6. The minimum atomic E-state index is -0.374. The van der Waals surface area contributed by atoms with E-state index in [1.807, 2.05) is 48.5 Å². The summed E-state index contributed by atoms with van der Waals surface area (Å²) in [5, 5.41) is 3.61. The van der Waals surface area contributed by atoms with Crippen LogP contribution in [0.15, 0.2) is 48.5 Å². The molecule has 2 bridgehead atoms. The molecule has 2 aliphatic rings. The van der Waals surface area contributed by atoms with Crippen LogP contribution in [0.5, 0.6) is 0 Å². The van der Waals surface area contributed by atoms with E-state index in [0.717, 1.165) is 34.1 Å². The third-order valence-electron chi connectivity index (χ3n) is 6.36. The van der Waals surface area contributed by atoms with E-state index >= 15 is 0 Å². The van der Waals surface area contributed by atoms with E-state index in [0.29, 0.717) is 17.1 Å². The fourth-order valence-electron chi connectivity index (χ4n) is 4.72. The molecular weight excluding hydrogens is 440 g/mol. The Kier molecular flexibility index (Phi) is 6.37. The van der Waals surface area contributed by atoms with Crippen LogP contribution >= 0.6 is 11.6 Å². The molecule has 0 saturated carbocycles. The lowest BCUT2D eigenvalue weighted by Crippen LogP contribution is -3.00. The van der Waals surface area contributed by atoms with E-state index in [4.69, 9.17) is 16.3 Å². The van der Waals surface area contributed by atoms with Gasteiger partial charge < -0.3 is 26.2 Å². The number of piperidine rings is 1. The van der Waals surface area contributed by atoms with Gasteiger partial charge >= 0.3 is 6.09 Å². The molecule has 6 heteroatoms. The van der Waals surface area contributed by atoms with Crippen LogP contribution < -0.4 is 22.3 Å². The standard InChI is InChI=1S/C22H25ClN2O2.BrH/c1-25(2)17-10-11-18(25)14-19(13-17)27-22(26)24-21-9-4-3-8-20(21)15-6-5-7-16(23)12-15;/h3-9,12,17-19H,10-11,13-14H2,1-2H3;1H/t17-,18+,19+;. The van der Waals surface area contributed by atoms with Crippen molar-refractivity contribution in [1.82, 2.24) is 0 Å². The van der Waals surface area contributed by atoms with E-state index in [1.165, 1.54) is 12.8 Å². The normalized spacial score (nSPS) is 24.9. The van der Waals surface area contributed by atoms with Gasteiger partial charge in [0.15, 0.2) is 0 Å². The quantitative estimate of drug-likeness (QED) is 0.707. The summed E-state index contributed by atoms with van der Waals surface area (Å²) in [6.07, 6.45) is 4.00. The van der Waals surface area contributed by atoms with E-state index in [-0.39, 0.29) is 29.2 Å². The highest BCUT2D eigenvalue weighted by molar-refractivity contribution is 6.30. The minimum Gasteiger partial charge on any atom is -1.00 e. The molecule has 3 atom stereocenters. The Morgan fingerprint density at radius 1 is 1.07 bits per heavy atom. The minimum absolute atomic E-state index is 0. The van der Waals surface area contributed by atoms with Crippen molar-refractivity contribution < 1.29 is 31.0 Å². The highest BCUT2D eigenvalue weighted by atomic mass is 79.9. The van der Waals surface area contributed by atoms with Gasteiger partial charge in [-0.1, -0.05) is 41.9 Å². The molecule has 2 aromatic carbocycles. The second-order valence-electron chi connectivity index (χ2n) is 8.19. The third-order valence-corrected chi connectivity index (χ3v) is 6.59. The maximum Gasteiger partial charge on any atom is 0.411 e. The summed E-state index contributed by atoms with van der Waals surface area (Å²) in [5.41, 5.74) is 2.63. The van der Waals surface area contributed by atoms with Gasteiger partial charge in [0.2, 0.25) is 0 Å². The van der Waals surface area contributed by atoms with Gasteiger partial charge in [-0.3, -0.25) is 5.32 Å².